The van der Waals surface area contributed by atoms with Gasteiger partial charge in [-0.15, -0.1) is 0 Å². The molecule has 1 aliphatic heterocycles. The van der Waals surface area contributed by atoms with E-state index in [2.05, 4.69) is 19.6 Å². The molecule has 2 aromatic rings. The van der Waals surface area contributed by atoms with Gasteiger partial charge in [0.05, 0.1) is 11.1 Å². The number of carbonyl (C=O) groups excluding carboxylic acids is 1. The van der Waals surface area contributed by atoms with Gasteiger partial charge in [0.1, 0.15) is 5.69 Å². The highest BCUT2D eigenvalue weighted by Crippen LogP contribution is 2.27. The first kappa shape index (κ1) is 19.1. The summed E-state index contributed by atoms with van der Waals surface area (Å²) < 4.78 is 28.1. The maximum absolute atomic E-state index is 12.8. The van der Waals surface area contributed by atoms with Crippen LogP contribution in [0.3, 0.4) is 0 Å². The van der Waals surface area contributed by atoms with E-state index in [-0.39, 0.29) is 16.4 Å². The molecule has 1 fully saturated rings. The summed E-state index contributed by atoms with van der Waals surface area (Å²) in [7, 11) is -0.288. The van der Waals surface area contributed by atoms with Gasteiger partial charge in [-0.25, -0.2) is 13.4 Å². The van der Waals surface area contributed by atoms with Crippen molar-refractivity contribution in [2.24, 2.45) is 0 Å². The molecular formula is C18H23N5O3S. The maximum atomic E-state index is 12.8. The summed E-state index contributed by atoms with van der Waals surface area (Å²) in [6, 6.07) is 5.94. The number of carbonyl (C=O) groups is 1. The highest BCUT2D eigenvalue weighted by Gasteiger charge is 2.21. The van der Waals surface area contributed by atoms with Crippen LogP contribution in [-0.4, -0.2) is 51.4 Å². The second kappa shape index (κ2) is 7.51. The van der Waals surface area contributed by atoms with Gasteiger partial charge in [-0.1, -0.05) is 12.1 Å². The van der Waals surface area contributed by atoms with Gasteiger partial charge in [0.15, 0.2) is 11.6 Å². The molecule has 3 rings (SSSR count). The van der Waals surface area contributed by atoms with Gasteiger partial charge in [-0.2, -0.15) is 4.98 Å². The Morgan fingerprint density at radius 3 is 2.56 bits per heavy atom. The number of hydrogen-bond acceptors (Lipinski definition) is 7. The van der Waals surface area contributed by atoms with E-state index in [1.54, 1.807) is 31.1 Å². The normalized spacial score (nSPS) is 14.3. The fourth-order valence-corrected chi connectivity index (χ4v) is 4.02. The molecule has 1 aromatic heterocycles. The summed E-state index contributed by atoms with van der Waals surface area (Å²) in [6.45, 7) is 3.19. The molecular weight excluding hydrogens is 366 g/mol. The molecule has 0 atom stereocenters. The Labute approximate surface area is 159 Å². The van der Waals surface area contributed by atoms with Crippen LogP contribution >= 0.6 is 0 Å². The number of ketones is 1. The lowest BCUT2D eigenvalue weighted by Crippen LogP contribution is -2.24. The summed E-state index contributed by atoms with van der Waals surface area (Å²) in [5, 5.41) is 0. The van der Waals surface area contributed by atoms with E-state index in [4.69, 9.17) is 0 Å². The third-order valence-corrected chi connectivity index (χ3v) is 5.73. The first-order valence-electron chi connectivity index (χ1n) is 8.71. The SMILES string of the molecule is CC(=O)c1cccc(S(=O)(=O)Nc2cnc(N3CCCC3)nc2N(C)C)c1. The summed E-state index contributed by atoms with van der Waals surface area (Å²) in [4.78, 5) is 24.3. The predicted octanol–water partition coefficient (Wildman–Crippen LogP) is 2.15. The lowest BCUT2D eigenvalue weighted by molar-refractivity contribution is 0.101. The van der Waals surface area contributed by atoms with E-state index in [1.165, 1.54) is 25.3 Å². The maximum Gasteiger partial charge on any atom is 0.262 e. The molecule has 1 aromatic carbocycles. The molecule has 0 aliphatic carbocycles. The molecule has 1 N–H and O–H groups in total. The molecule has 1 saturated heterocycles. The second-order valence-corrected chi connectivity index (χ2v) is 8.37. The second-order valence-electron chi connectivity index (χ2n) is 6.69. The third-order valence-electron chi connectivity index (χ3n) is 4.36. The summed E-state index contributed by atoms with van der Waals surface area (Å²) in [5.41, 5.74) is 0.627. The molecule has 0 spiro atoms. The minimum Gasteiger partial charge on any atom is -0.361 e. The molecule has 144 valence electrons. The van der Waals surface area contributed by atoms with Crippen molar-refractivity contribution in [3.8, 4) is 0 Å². The van der Waals surface area contributed by atoms with Gasteiger partial charge >= 0.3 is 0 Å². The molecule has 0 saturated carbocycles. The molecule has 27 heavy (non-hydrogen) atoms. The molecule has 1 aliphatic rings. The van der Waals surface area contributed by atoms with Gasteiger partial charge in [0, 0.05) is 32.7 Å². The van der Waals surface area contributed by atoms with Gasteiger partial charge < -0.3 is 9.80 Å². The van der Waals surface area contributed by atoms with Crippen molar-refractivity contribution in [3.63, 3.8) is 0 Å². The van der Waals surface area contributed by atoms with Crippen LogP contribution in [0.15, 0.2) is 35.4 Å². The zero-order valence-electron chi connectivity index (χ0n) is 15.6. The topological polar surface area (TPSA) is 95.5 Å². The number of aromatic nitrogens is 2. The minimum absolute atomic E-state index is 0.0172. The van der Waals surface area contributed by atoms with Crippen molar-refractivity contribution in [2.75, 3.05) is 41.7 Å². The third kappa shape index (κ3) is 4.19. The van der Waals surface area contributed by atoms with Crippen LogP contribution < -0.4 is 14.5 Å². The van der Waals surface area contributed by atoms with Crippen LogP contribution in [0, 0.1) is 0 Å². The number of anilines is 3. The Bertz CT molecular complexity index is 953. The molecule has 2 heterocycles. The Morgan fingerprint density at radius 2 is 1.93 bits per heavy atom. The van der Waals surface area contributed by atoms with Gasteiger partial charge in [0.25, 0.3) is 10.0 Å². The largest absolute Gasteiger partial charge is 0.361 e. The van der Waals surface area contributed by atoms with Crippen LogP contribution in [0.5, 0.6) is 0 Å². The Hall–Kier alpha value is -2.68. The van der Waals surface area contributed by atoms with Crippen molar-refractivity contribution < 1.29 is 13.2 Å². The van der Waals surface area contributed by atoms with E-state index in [1.807, 2.05) is 0 Å². The van der Waals surface area contributed by atoms with E-state index >= 15 is 0 Å². The van der Waals surface area contributed by atoms with E-state index in [0.29, 0.717) is 17.3 Å². The Kier molecular flexibility index (Phi) is 5.31. The van der Waals surface area contributed by atoms with Crippen LogP contribution in [0.1, 0.15) is 30.1 Å². The van der Waals surface area contributed by atoms with Crippen molar-refractivity contribution in [1.82, 2.24) is 9.97 Å². The fourth-order valence-electron chi connectivity index (χ4n) is 2.93. The van der Waals surface area contributed by atoms with Crippen LogP contribution in [-0.2, 0) is 10.0 Å². The lowest BCUT2D eigenvalue weighted by Gasteiger charge is -2.21. The first-order chi connectivity index (χ1) is 12.8. The van der Waals surface area contributed by atoms with Gasteiger partial charge in [0.2, 0.25) is 5.95 Å². The van der Waals surface area contributed by atoms with Crippen molar-refractivity contribution >= 4 is 33.3 Å². The number of hydrogen-bond donors (Lipinski definition) is 1. The molecule has 0 unspecified atom stereocenters. The summed E-state index contributed by atoms with van der Waals surface area (Å²) >= 11 is 0. The fraction of sp³-hybridized carbons (Fsp3) is 0.389. The molecule has 0 bridgehead atoms. The highest BCUT2D eigenvalue weighted by molar-refractivity contribution is 7.92. The van der Waals surface area contributed by atoms with Crippen LogP contribution in [0.2, 0.25) is 0 Å². The number of benzene rings is 1. The smallest absolute Gasteiger partial charge is 0.262 e. The number of nitrogens with one attached hydrogen (secondary N) is 1. The van der Waals surface area contributed by atoms with Crippen molar-refractivity contribution in [3.05, 3.63) is 36.0 Å². The first-order valence-corrected chi connectivity index (χ1v) is 10.2. The predicted molar refractivity (Wildman–Crippen MR) is 105 cm³/mol. The van der Waals surface area contributed by atoms with Crippen LogP contribution in [0.25, 0.3) is 0 Å². The Morgan fingerprint density at radius 1 is 1.22 bits per heavy atom. The number of rotatable bonds is 6. The highest BCUT2D eigenvalue weighted by atomic mass is 32.2. The zero-order chi connectivity index (χ0) is 19.6. The summed E-state index contributed by atoms with van der Waals surface area (Å²) in [6.07, 6.45) is 3.69. The average molecular weight is 389 g/mol. The Balaban J connectivity index is 1.93. The number of Topliss-reactive ketones (excluding diaryl/α,β-unsaturated/α-hetero) is 1. The minimum atomic E-state index is -3.88. The van der Waals surface area contributed by atoms with Crippen molar-refractivity contribution in [1.29, 1.82) is 0 Å². The molecule has 0 amide bonds. The molecule has 9 heteroatoms. The molecule has 8 nitrogen and oxygen atoms in total. The van der Waals surface area contributed by atoms with Crippen LogP contribution in [0.4, 0.5) is 17.5 Å². The molecule has 0 radical (unpaired) electrons. The standard InChI is InChI=1S/C18H23N5O3S/c1-13(24)14-7-6-8-15(11-14)27(25,26)21-16-12-19-18(20-17(16)22(2)3)23-9-4-5-10-23/h6-8,11-12,21H,4-5,9-10H2,1-3H3. The lowest BCUT2D eigenvalue weighted by atomic mass is 10.2. The number of sulfonamides is 1. The van der Waals surface area contributed by atoms with E-state index < -0.39 is 10.0 Å². The quantitative estimate of drug-likeness (QED) is 0.756. The van der Waals surface area contributed by atoms with E-state index in [0.717, 1.165) is 25.9 Å². The zero-order valence-corrected chi connectivity index (χ0v) is 16.5. The number of nitrogens with zero attached hydrogens (tertiary/aromatic N) is 4. The monoisotopic (exact) mass is 389 g/mol. The average Bonchev–Trinajstić information content (AvgIpc) is 3.16. The van der Waals surface area contributed by atoms with E-state index in [9.17, 15) is 13.2 Å². The van der Waals surface area contributed by atoms with Gasteiger partial charge in [-0.3, -0.25) is 9.52 Å². The summed E-state index contributed by atoms with van der Waals surface area (Å²) in [5.74, 6) is 0.884. The van der Waals surface area contributed by atoms with Gasteiger partial charge in [-0.05, 0) is 31.9 Å². The van der Waals surface area contributed by atoms with Crippen molar-refractivity contribution in [2.45, 2.75) is 24.7 Å².